The molecule has 0 radical (unpaired) electrons. The number of hydrogen-bond acceptors (Lipinski definition) is 4. The maximum Gasteiger partial charge on any atom is 0.156 e. The molecule has 2 heterocycles. The van der Waals surface area contributed by atoms with E-state index in [2.05, 4.69) is 4.99 Å². The van der Waals surface area contributed by atoms with Crippen molar-refractivity contribution in [2.24, 2.45) is 4.99 Å². The first-order chi connectivity index (χ1) is 7.27. The molecule has 1 aromatic carbocycles. The number of para-hydroxylation sites is 1. The molecule has 3 rings (SSSR count). The second-order valence-corrected chi connectivity index (χ2v) is 3.90. The van der Waals surface area contributed by atoms with Crippen LogP contribution in [0.4, 0.5) is 5.69 Å². The fourth-order valence-corrected chi connectivity index (χ4v) is 2.18. The first kappa shape index (κ1) is 8.88. The predicted molar refractivity (Wildman–Crippen MR) is 55.8 cm³/mol. The van der Waals surface area contributed by atoms with E-state index in [-0.39, 0.29) is 0 Å². The highest BCUT2D eigenvalue weighted by atomic mass is 16.3. The monoisotopic (exact) mass is 204 g/mol. The van der Waals surface area contributed by atoms with Crippen molar-refractivity contribution in [3.63, 3.8) is 0 Å². The fourth-order valence-electron chi connectivity index (χ4n) is 2.18. The van der Waals surface area contributed by atoms with E-state index in [4.69, 9.17) is 0 Å². The van der Waals surface area contributed by atoms with Crippen LogP contribution in [0.25, 0.3) is 0 Å². The quantitative estimate of drug-likeness (QED) is 0.656. The summed E-state index contributed by atoms with van der Waals surface area (Å²) in [6.45, 7) is 0.662. The number of benzene rings is 1. The average Bonchev–Trinajstić information content (AvgIpc) is 2.62. The van der Waals surface area contributed by atoms with Crippen LogP contribution < -0.4 is 0 Å². The highest BCUT2D eigenvalue weighted by Gasteiger charge is 2.36. The number of nitrogens with zero attached hydrogens (tertiary/aromatic N) is 2. The zero-order valence-electron chi connectivity index (χ0n) is 8.17. The molecular formula is C11H12N2O2. The molecule has 0 aromatic heterocycles. The van der Waals surface area contributed by atoms with Crippen molar-refractivity contribution in [2.75, 3.05) is 6.54 Å². The van der Waals surface area contributed by atoms with Crippen LogP contribution in [0.1, 0.15) is 18.2 Å². The molecular weight excluding hydrogens is 192 g/mol. The van der Waals surface area contributed by atoms with Crippen LogP contribution in [0.3, 0.4) is 0 Å². The molecule has 78 valence electrons. The summed E-state index contributed by atoms with van der Waals surface area (Å²) >= 11 is 0. The van der Waals surface area contributed by atoms with Gasteiger partial charge in [0.15, 0.2) is 6.23 Å². The molecule has 0 aliphatic carbocycles. The van der Waals surface area contributed by atoms with Crippen LogP contribution in [0.2, 0.25) is 0 Å². The lowest BCUT2D eigenvalue weighted by Gasteiger charge is -2.30. The van der Waals surface area contributed by atoms with E-state index in [1.807, 2.05) is 24.3 Å². The number of hydrogen-bond donors (Lipinski definition) is 2. The van der Waals surface area contributed by atoms with Gasteiger partial charge >= 0.3 is 0 Å². The van der Waals surface area contributed by atoms with Crippen molar-refractivity contribution in [1.82, 2.24) is 4.90 Å². The van der Waals surface area contributed by atoms with E-state index in [9.17, 15) is 10.2 Å². The van der Waals surface area contributed by atoms with Crippen molar-refractivity contribution in [2.45, 2.75) is 18.8 Å². The van der Waals surface area contributed by atoms with Gasteiger partial charge in [-0.25, -0.2) is 4.99 Å². The number of amidine groups is 1. The van der Waals surface area contributed by atoms with E-state index < -0.39 is 12.3 Å². The molecule has 15 heavy (non-hydrogen) atoms. The van der Waals surface area contributed by atoms with Crippen LogP contribution in [0.5, 0.6) is 0 Å². The van der Waals surface area contributed by atoms with Gasteiger partial charge in [-0.15, -0.1) is 0 Å². The van der Waals surface area contributed by atoms with Crippen molar-refractivity contribution in [1.29, 1.82) is 0 Å². The van der Waals surface area contributed by atoms with Gasteiger partial charge in [-0.1, -0.05) is 18.2 Å². The molecule has 1 fully saturated rings. The van der Waals surface area contributed by atoms with E-state index in [0.717, 1.165) is 11.3 Å². The smallest absolute Gasteiger partial charge is 0.156 e. The van der Waals surface area contributed by atoms with Gasteiger partial charge in [0.25, 0.3) is 0 Å². The fraction of sp³-hybridized carbons (Fsp3) is 0.364. The van der Waals surface area contributed by atoms with Crippen LogP contribution in [-0.4, -0.2) is 33.6 Å². The SMILES string of the molecule is OC1CCN2C1=Nc1ccccc1C2O. The zero-order valence-corrected chi connectivity index (χ0v) is 8.17. The van der Waals surface area contributed by atoms with E-state index in [0.29, 0.717) is 18.8 Å². The first-order valence-corrected chi connectivity index (χ1v) is 5.07. The standard InChI is InChI=1S/C11H12N2O2/c14-9-5-6-13-10(9)12-8-4-2-1-3-7(8)11(13)15/h1-4,9,11,14-15H,5-6H2. The Hall–Kier alpha value is -1.39. The molecule has 1 saturated heterocycles. The molecule has 2 aliphatic heterocycles. The molecule has 4 heteroatoms. The van der Waals surface area contributed by atoms with Crippen molar-refractivity contribution >= 4 is 11.5 Å². The molecule has 0 saturated carbocycles. The number of rotatable bonds is 0. The average molecular weight is 204 g/mol. The highest BCUT2D eigenvalue weighted by Crippen LogP contribution is 2.36. The van der Waals surface area contributed by atoms with Gasteiger partial charge in [0.1, 0.15) is 11.9 Å². The predicted octanol–water partition coefficient (Wildman–Crippen LogP) is 0.788. The molecule has 1 aromatic rings. The summed E-state index contributed by atoms with van der Waals surface area (Å²) in [5.41, 5.74) is 1.58. The summed E-state index contributed by atoms with van der Waals surface area (Å²) in [6.07, 6.45) is -0.553. The first-order valence-electron chi connectivity index (χ1n) is 5.07. The van der Waals surface area contributed by atoms with Crippen LogP contribution in [0, 0.1) is 0 Å². The minimum absolute atomic E-state index is 0.534. The zero-order chi connectivity index (χ0) is 10.4. The van der Waals surface area contributed by atoms with Gasteiger partial charge in [0, 0.05) is 12.1 Å². The third-order valence-electron chi connectivity index (χ3n) is 2.98. The molecule has 2 aliphatic rings. The largest absolute Gasteiger partial charge is 0.385 e. The second-order valence-electron chi connectivity index (χ2n) is 3.90. The van der Waals surface area contributed by atoms with Crippen LogP contribution >= 0.6 is 0 Å². The third-order valence-corrected chi connectivity index (χ3v) is 2.98. The summed E-state index contributed by atoms with van der Waals surface area (Å²) in [4.78, 5) is 6.13. The lowest BCUT2D eigenvalue weighted by atomic mass is 10.1. The van der Waals surface area contributed by atoms with E-state index >= 15 is 0 Å². The van der Waals surface area contributed by atoms with Gasteiger partial charge in [0.2, 0.25) is 0 Å². The highest BCUT2D eigenvalue weighted by molar-refractivity contribution is 5.92. The number of aliphatic hydroxyl groups excluding tert-OH is 2. The molecule has 2 N–H and O–H groups in total. The molecule has 0 amide bonds. The van der Waals surface area contributed by atoms with E-state index in [1.165, 1.54) is 0 Å². The summed E-state index contributed by atoms with van der Waals surface area (Å²) in [5.74, 6) is 0.598. The molecule has 4 nitrogen and oxygen atoms in total. The summed E-state index contributed by atoms with van der Waals surface area (Å²) in [6, 6.07) is 7.49. The maximum absolute atomic E-state index is 10.1. The number of aliphatic hydroxyl groups is 2. The Labute approximate surface area is 87.5 Å². The van der Waals surface area contributed by atoms with Crippen molar-refractivity contribution < 1.29 is 10.2 Å². The summed E-state index contributed by atoms with van der Waals surface area (Å²) < 4.78 is 0. The van der Waals surface area contributed by atoms with Gasteiger partial charge < -0.3 is 15.1 Å². The second kappa shape index (κ2) is 3.05. The number of fused-ring (bicyclic) bond motifs is 2. The topological polar surface area (TPSA) is 56.1 Å². The molecule has 2 unspecified atom stereocenters. The summed E-state index contributed by atoms with van der Waals surface area (Å²) in [5, 5.41) is 19.8. The van der Waals surface area contributed by atoms with Gasteiger partial charge in [-0.05, 0) is 12.5 Å². The Morgan fingerprint density at radius 1 is 1.27 bits per heavy atom. The Bertz CT molecular complexity index is 430. The van der Waals surface area contributed by atoms with Crippen LogP contribution in [0.15, 0.2) is 29.3 Å². The van der Waals surface area contributed by atoms with Crippen molar-refractivity contribution in [3.8, 4) is 0 Å². The minimum Gasteiger partial charge on any atom is -0.385 e. The molecule has 0 spiro atoms. The maximum atomic E-state index is 10.1. The molecule has 2 atom stereocenters. The van der Waals surface area contributed by atoms with Crippen molar-refractivity contribution in [3.05, 3.63) is 29.8 Å². The normalized spacial score (nSPS) is 28.4. The lowest BCUT2D eigenvalue weighted by Crippen LogP contribution is -2.35. The van der Waals surface area contributed by atoms with Crippen LogP contribution in [-0.2, 0) is 0 Å². The Morgan fingerprint density at radius 2 is 2.07 bits per heavy atom. The number of aliphatic imine (C=N–C) groups is 1. The van der Waals surface area contributed by atoms with Gasteiger partial charge in [0.05, 0.1) is 5.69 Å². The Morgan fingerprint density at radius 3 is 2.93 bits per heavy atom. The van der Waals surface area contributed by atoms with Gasteiger partial charge in [-0.2, -0.15) is 0 Å². The Balaban J connectivity index is 2.14. The lowest BCUT2D eigenvalue weighted by molar-refractivity contribution is 0.0573. The minimum atomic E-state index is -0.661. The van der Waals surface area contributed by atoms with Gasteiger partial charge in [-0.3, -0.25) is 0 Å². The Kier molecular flexibility index (Phi) is 1.81. The molecule has 0 bridgehead atoms. The van der Waals surface area contributed by atoms with E-state index in [1.54, 1.807) is 4.90 Å². The summed E-state index contributed by atoms with van der Waals surface area (Å²) in [7, 11) is 0. The third kappa shape index (κ3) is 1.19.